The van der Waals surface area contributed by atoms with E-state index in [2.05, 4.69) is 9.97 Å². The highest BCUT2D eigenvalue weighted by molar-refractivity contribution is 6.06. The molecule has 0 fully saturated rings. The molecule has 0 spiro atoms. The smallest absolute Gasteiger partial charge is 0.169 e. The number of ketones is 1. The minimum atomic E-state index is 0.0669. The third kappa shape index (κ3) is 2.36. The van der Waals surface area contributed by atoms with E-state index in [4.69, 9.17) is 0 Å². The van der Waals surface area contributed by atoms with Crippen molar-refractivity contribution in [3.05, 3.63) is 72.1 Å². The molecule has 3 nitrogen and oxygen atoms in total. The van der Waals surface area contributed by atoms with Crippen LogP contribution in [-0.4, -0.2) is 15.8 Å². The molecule has 0 bridgehead atoms. The van der Waals surface area contributed by atoms with E-state index in [1.165, 1.54) is 0 Å². The summed E-state index contributed by atoms with van der Waals surface area (Å²) in [5, 5.41) is 0. The summed E-state index contributed by atoms with van der Waals surface area (Å²) < 4.78 is 0. The van der Waals surface area contributed by atoms with Crippen LogP contribution in [0.2, 0.25) is 0 Å². The average molecular weight is 248 g/mol. The molecule has 3 rings (SSSR count). The zero-order valence-corrected chi connectivity index (χ0v) is 10.3. The Morgan fingerprint density at radius 3 is 2.53 bits per heavy atom. The van der Waals surface area contributed by atoms with E-state index in [9.17, 15) is 4.79 Å². The van der Waals surface area contributed by atoms with E-state index in [0.29, 0.717) is 17.5 Å². The van der Waals surface area contributed by atoms with Gasteiger partial charge in [0.05, 0.1) is 11.0 Å². The second-order valence-electron chi connectivity index (χ2n) is 4.32. The van der Waals surface area contributed by atoms with Gasteiger partial charge in [0.2, 0.25) is 0 Å². The van der Waals surface area contributed by atoms with Crippen LogP contribution < -0.4 is 0 Å². The SMILES string of the molecule is O=C(Cc1ccccc1)c1cccc2nccnc12. The molecule has 0 unspecified atom stereocenters. The Bertz CT molecular complexity index is 718. The zero-order valence-electron chi connectivity index (χ0n) is 10.3. The number of para-hydroxylation sites is 1. The minimum Gasteiger partial charge on any atom is -0.294 e. The van der Waals surface area contributed by atoms with Gasteiger partial charge in [0.15, 0.2) is 5.78 Å². The zero-order chi connectivity index (χ0) is 13.1. The molecule has 3 heteroatoms. The Morgan fingerprint density at radius 1 is 0.895 bits per heavy atom. The number of carbonyl (C=O) groups excluding carboxylic acids is 1. The summed E-state index contributed by atoms with van der Waals surface area (Å²) in [4.78, 5) is 20.8. The largest absolute Gasteiger partial charge is 0.294 e. The Labute approximate surface area is 111 Å². The number of hydrogen-bond donors (Lipinski definition) is 0. The van der Waals surface area contributed by atoms with Gasteiger partial charge in [-0.2, -0.15) is 0 Å². The summed E-state index contributed by atoms with van der Waals surface area (Å²) in [6, 6.07) is 15.2. The third-order valence-corrected chi connectivity index (χ3v) is 3.01. The van der Waals surface area contributed by atoms with Crippen molar-refractivity contribution in [2.75, 3.05) is 0 Å². The number of benzene rings is 2. The minimum absolute atomic E-state index is 0.0669. The second kappa shape index (κ2) is 4.98. The molecular weight excluding hydrogens is 236 g/mol. The molecule has 19 heavy (non-hydrogen) atoms. The highest BCUT2D eigenvalue weighted by atomic mass is 16.1. The van der Waals surface area contributed by atoms with Crippen LogP contribution >= 0.6 is 0 Å². The molecular formula is C16H12N2O. The highest BCUT2D eigenvalue weighted by Crippen LogP contribution is 2.16. The molecule has 0 saturated heterocycles. The fraction of sp³-hybridized carbons (Fsp3) is 0.0625. The van der Waals surface area contributed by atoms with Gasteiger partial charge in [-0.15, -0.1) is 0 Å². The van der Waals surface area contributed by atoms with Gasteiger partial charge >= 0.3 is 0 Å². The maximum atomic E-state index is 12.4. The van der Waals surface area contributed by atoms with Crippen LogP contribution in [0.5, 0.6) is 0 Å². The highest BCUT2D eigenvalue weighted by Gasteiger charge is 2.11. The van der Waals surface area contributed by atoms with Crippen molar-refractivity contribution in [1.82, 2.24) is 9.97 Å². The van der Waals surface area contributed by atoms with Gasteiger partial charge in [0.1, 0.15) is 0 Å². The fourth-order valence-electron chi connectivity index (χ4n) is 2.09. The molecule has 1 aromatic heterocycles. The molecule has 0 N–H and O–H groups in total. The van der Waals surface area contributed by atoms with Gasteiger partial charge in [-0.05, 0) is 17.7 Å². The van der Waals surface area contributed by atoms with Gasteiger partial charge in [-0.25, -0.2) is 0 Å². The van der Waals surface area contributed by atoms with Crippen LogP contribution in [0.3, 0.4) is 0 Å². The lowest BCUT2D eigenvalue weighted by Gasteiger charge is -2.04. The standard InChI is InChI=1S/C16H12N2O/c19-15(11-12-5-2-1-3-6-12)13-7-4-8-14-16(13)18-10-9-17-14/h1-10H,11H2. The molecule has 3 aromatic rings. The predicted octanol–water partition coefficient (Wildman–Crippen LogP) is 3.06. The topological polar surface area (TPSA) is 42.9 Å². The first-order valence-electron chi connectivity index (χ1n) is 6.11. The maximum Gasteiger partial charge on any atom is 0.169 e. The van der Waals surface area contributed by atoms with Crippen molar-refractivity contribution < 1.29 is 4.79 Å². The molecule has 0 aliphatic carbocycles. The predicted molar refractivity (Wildman–Crippen MR) is 74.0 cm³/mol. The van der Waals surface area contributed by atoms with E-state index in [1.54, 1.807) is 12.4 Å². The Morgan fingerprint density at radius 2 is 1.68 bits per heavy atom. The number of hydrogen-bond acceptors (Lipinski definition) is 3. The molecule has 0 aliphatic rings. The van der Waals surface area contributed by atoms with Gasteiger partial charge in [-0.3, -0.25) is 14.8 Å². The maximum absolute atomic E-state index is 12.4. The van der Waals surface area contributed by atoms with Crippen molar-refractivity contribution in [3.63, 3.8) is 0 Å². The van der Waals surface area contributed by atoms with E-state index in [-0.39, 0.29) is 5.78 Å². The number of fused-ring (bicyclic) bond motifs is 1. The van der Waals surface area contributed by atoms with E-state index < -0.39 is 0 Å². The number of Topliss-reactive ketones (excluding diaryl/α,β-unsaturated/α-hetero) is 1. The first-order valence-corrected chi connectivity index (χ1v) is 6.11. The summed E-state index contributed by atoms with van der Waals surface area (Å²) in [6.07, 6.45) is 3.63. The van der Waals surface area contributed by atoms with E-state index >= 15 is 0 Å². The lowest BCUT2D eigenvalue weighted by atomic mass is 10.0. The van der Waals surface area contributed by atoms with Gasteiger partial charge in [-0.1, -0.05) is 36.4 Å². The fourth-order valence-corrected chi connectivity index (χ4v) is 2.09. The van der Waals surface area contributed by atoms with Crippen molar-refractivity contribution in [1.29, 1.82) is 0 Å². The van der Waals surface area contributed by atoms with Gasteiger partial charge in [0, 0.05) is 24.4 Å². The third-order valence-electron chi connectivity index (χ3n) is 3.01. The normalized spacial score (nSPS) is 10.5. The summed E-state index contributed by atoms with van der Waals surface area (Å²) >= 11 is 0. The molecule has 1 heterocycles. The van der Waals surface area contributed by atoms with Crippen LogP contribution in [0.15, 0.2) is 60.9 Å². The van der Waals surface area contributed by atoms with E-state index in [0.717, 1.165) is 11.1 Å². The number of aromatic nitrogens is 2. The van der Waals surface area contributed by atoms with Gasteiger partial charge in [0.25, 0.3) is 0 Å². The summed E-state index contributed by atoms with van der Waals surface area (Å²) in [5.74, 6) is 0.0669. The molecule has 2 aromatic carbocycles. The molecule has 0 saturated carbocycles. The monoisotopic (exact) mass is 248 g/mol. The Hall–Kier alpha value is -2.55. The lowest BCUT2D eigenvalue weighted by molar-refractivity contribution is 0.0994. The molecule has 0 radical (unpaired) electrons. The quantitative estimate of drug-likeness (QED) is 0.669. The molecule has 92 valence electrons. The van der Waals surface area contributed by atoms with Crippen molar-refractivity contribution in [3.8, 4) is 0 Å². The summed E-state index contributed by atoms with van der Waals surface area (Å²) in [7, 11) is 0. The lowest BCUT2D eigenvalue weighted by Crippen LogP contribution is -2.05. The molecule has 0 aliphatic heterocycles. The number of carbonyl (C=O) groups is 1. The van der Waals surface area contributed by atoms with Crippen molar-refractivity contribution >= 4 is 16.8 Å². The molecule has 0 amide bonds. The average Bonchev–Trinajstić information content (AvgIpc) is 2.47. The van der Waals surface area contributed by atoms with Crippen LogP contribution in [-0.2, 0) is 6.42 Å². The van der Waals surface area contributed by atoms with Crippen LogP contribution in [0.4, 0.5) is 0 Å². The van der Waals surface area contributed by atoms with Crippen LogP contribution in [0, 0.1) is 0 Å². The van der Waals surface area contributed by atoms with Crippen LogP contribution in [0.1, 0.15) is 15.9 Å². The van der Waals surface area contributed by atoms with E-state index in [1.807, 2.05) is 48.5 Å². The van der Waals surface area contributed by atoms with Gasteiger partial charge < -0.3 is 0 Å². The Kier molecular flexibility index (Phi) is 3.02. The van der Waals surface area contributed by atoms with Crippen LogP contribution in [0.25, 0.3) is 11.0 Å². The molecule has 0 atom stereocenters. The first-order chi connectivity index (χ1) is 9.34. The number of nitrogens with zero attached hydrogens (tertiary/aromatic N) is 2. The summed E-state index contributed by atoms with van der Waals surface area (Å²) in [5.41, 5.74) is 3.06. The number of rotatable bonds is 3. The Balaban J connectivity index is 1.98. The summed E-state index contributed by atoms with van der Waals surface area (Å²) in [6.45, 7) is 0. The van der Waals surface area contributed by atoms with Crippen molar-refractivity contribution in [2.24, 2.45) is 0 Å². The van der Waals surface area contributed by atoms with Crippen molar-refractivity contribution in [2.45, 2.75) is 6.42 Å². The second-order valence-corrected chi connectivity index (χ2v) is 4.32. The first kappa shape index (κ1) is 11.5.